The molecule has 1 aromatic heterocycles. The van der Waals surface area contributed by atoms with Gasteiger partial charge in [0.1, 0.15) is 11.5 Å². The molecule has 0 spiro atoms. The van der Waals surface area contributed by atoms with Crippen molar-refractivity contribution < 1.29 is 19.4 Å². The number of nitrogens with one attached hydrogen (secondary N) is 1. The standard InChI is InChI=1S/C20H19Cl2NO4/c1-2-3-4-12-10-23-18-6-5-13(7-15(12)18)27-20-16(21)8-14(9-17(20)22)26-11-19(24)25/h5-10,23H,2-4,11H2,1H3,(H,24,25). The van der Waals surface area contributed by atoms with Crippen LogP contribution in [0.4, 0.5) is 0 Å². The number of benzene rings is 2. The minimum atomic E-state index is -1.08. The summed E-state index contributed by atoms with van der Waals surface area (Å²) in [7, 11) is 0. The van der Waals surface area contributed by atoms with Gasteiger partial charge in [-0.1, -0.05) is 36.5 Å². The lowest BCUT2D eigenvalue weighted by Gasteiger charge is -2.12. The Kier molecular flexibility index (Phi) is 6.14. The number of aryl methyl sites for hydroxylation is 1. The summed E-state index contributed by atoms with van der Waals surface area (Å²) in [5.41, 5.74) is 2.29. The Bertz CT molecular complexity index is 945. The molecule has 0 bridgehead atoms. The molecule has 3 aromatic rings. The number of hydrogen-bond donors (Lipinski definition) is 2. The number of rotatable bonds is 8. The summed E-state index contributed by atoms with van der Waals surface area (Å²) in [6, 6.07) is 8.70. The zero-order valence-electron chi connectivity index (χ0n) is 14.7. The highest BCUT2D eigenvalue weighted by Crippen LogP contribution is 2.40. The lowest BCUT2D eigenvalue weighted by atomic mass is 10.1. The van der Waals surface area contributed by atoms with E-state index in [-0.39, 0.29) is 15.8 Å². The highest BCUT2D eigenvalue weighted by Gasteiger charge is 2.13. The third kappa shape index (κ3) is 4.67. The molecule has 142 valence electrons. The normalized spacial score (nSPS) is 10.9. The van der Waals surface area contributed by atoms with Gasteiger partial charge < -0.3 is 19.6 Å². The quantitative estimate of drug-likeness (QED) is 0.474. The van der Waals surface area contributed by atoms with Gasteiger partial charge in [0.05, 0.1) is 10.0 Å². The molecule has 0 fully saturated rings. The van der Waals surface area contributed by atoms with Crippen molar-refractivity contribution in [1.82, 2.24) is 4.98 Å². The molecule has 0 radical (unpaired) electrons. The van der Waals surface area contributed by atoms with Gasteiger partial charge in [-0.15, -0.1) is 0 Å². The third-order valence-electron chi connectivity index (χ3n) is 4.09. The molecule has 0 atom stereocenters. The molecular formula is C20H19Cl2NO4. The average molecular weight is 408 g/mol. The number of carbonyl (C=O) groups is 1. The molecule has 0 saturated heterocycles. The summed E-state index contributed by atoms with van der Waals surface area (Å²) in [4.78, 5) is 13.9. The van der Waals surface area contributed by atoms with Crippen LogP contribution in [0.2, 0.25) is 10.0 Å². The summed E-state index contributed by atoms with van der Waals surface area (Å²) in [5.74, 6) is 0.0952. The Balaban J connectivity index is 1.85. The zero-order valence-corrected chi connectivity index (χ0v) is 16.2. The second kappa shape index (κ2) is 8.55. The van der Waals surface area contributed by atoms with Gasteiger partial charge in [-0.2, -0.15) is 0 Å². The SMILES string of the molecule is CCCCc1c[nH]c2ccc(Oc3c(Cl)cc(OCC(=O)O)cc3Cl)cc12. The Morgan fingerprint density at radius 2 is 1.89 bits per heavy atom. The van der Waals surface area contributed by atoms with Gasteiger partial charge in [0.15, 0.2) is 12.4 Å². The number of fused-ring (bicyclic) bond motifs is 1. The molecule has 0 aliphatic heterocycles. The molecule has 0 aliphatic rings. The van der Waals surface area contributed by atoms with E-state index in [0.717, 1.165) is 30.2 Å². The van der Waals surface area contributed by atoms with E-state index in [1.54, 1.807) is 0 Å². The van der Waals surface area contributed by atoms with Crippen LogP contribution >= 0.6 is 23.2 Å². The molecule has 3 rings (SSSR count). The lowest BCUT2D eigenvalue weighted by Crippen LogP contribution is -2.09. The fourth-order valence-electron chi connectivity index (χ4n) is 2.78. The van der Waals surface area contributed by atoms with Crippen LogP contribution in [-0.2, 0) is 11.2 Å². The van der Waals surface area contributed by atoms with E-state index in [1.807, 2.05) is 24.4 Å². The Labute approximate surface area is 166 Å². The van der Waals surface area contributed by atoms with Crippen molar-refractivity contribution in [2.45, 2.75) is 26.2 Å². The maximum atomic E-state index is 10.6. The number of aliphatic carboxylic acids is 1. The third-order valence-corrected chi connectivity index (χ3v) is 4.65. The molecule has 0 aliphatic carbocycles. The van der Waals surface area contributed by atoms with E-state index in [1.165, 1.54) is 17.7 Å². The number of aromatic amines is 1. The first-order chi connectivity index (χ1) is 13.0. The Morgan fingerprint density at radius 3 is 2.56 bits per heavy atom. The molecule has 2 aromatic carbocycles. The molecule has 27 heavy (non-hydrogen) atoms. The summed E-state index contributed by atoms with van der Waals surface area (Å²) in [6.07, 6.45) is 5.27. The fraction of sp³-hybridized carbons (Fsp3) is 0.250. The maximum Gasteiger partial charge on any atom is 0.341 e. The van der Waals surface area contributed by atoms with E-state index in [4.69, 9.17) is 37.8 Å². The first-order valence-electron chi connectivity index (χ1n) is 8.59. The molecule has 7 heteroatoms. The topological polar surface area (TPSA) is 71.5 Å². The molecule has 5 nitrogen and oxygen atoms in total. The maximum absolute atomic E-state index is 10.6. The van der Waals surface area contributed by atoms with Crippen LogP contribution < -0.4 is 9.47 Å². The van der Waals surface area contributed by atoms with Gasteiger partial charge in [-0.3, -0.25) is 0 Å². The van der Waals surface area contributed by atoms with Crippen molar-refractivity contribution in [2.24, 2.45) is 0 Å². The first-order valence-corrected chi connectivity index (χ1v) is 9.35. The van der Waals surface area contributed by atoms with Crippen LogP contribution in [0.5, 0.6) is 17.2 Å². The number of carboxylic acid groups (broad SMARTS) is 1. The van der Waals surface area contributed by atoms with Crippen molar-refractivity contribution in [1.29, 1.82) is 0 Å². The monoisotopic (exact) mass is 407 g/mol. The lowest BCUT2D eigenvalue weighted by molar-refractivity contribution is -0.139. The van der Waals surface area contributed by atoms with Crippen molar-refractivity contribution in [2.75, 3.05) is 6.61 Å². The molecule has 0 amide bonds. The molecule has 2 N–H and O–H groups in total. The number of halogens is 2. The van der Waals surface area contributed by atoms with Crippen LogP contribution in [0.3, 0.4) is 0 Å². The van der Waals surface area contributed by atoms with Gasteiger partial charge in [0.2, 0.25) is 0 Å². The largest absolute Gasteiger partial charge is 0.482 e. The summed E-state index contributed by atoms with van der Waals surface area (Å²) in [6.45, 7) is 1.69. The van der Waals surface area contributed by atoms with Gasteiger partial charge >= 0.3 is 5.97 Å². The minimum absolute atomic E-state index is 0.239. The zero-order chi connectivity index (χ0) is 19.4. The van der Waals surface area contributed by atoms with Crippen LogP contribution in [-0.4, -0.2) is 22.7 Å². The average Bonchev–Trinajstić information content (AvgIpc) is 3.03. The second-order valence-corrected chi connectivity index (χ2v) is 6.94. The summed E-state index contributed by atoms with van der Waals surface area (Å²) >= 11 is 12.5. The van der Waals surface area contributed by atoms with E-state index in [0.29, 0.717) is 11.5 Å². The van der Waals surface area contributed by atoms with Crippen LogP contribution in [0.1, 0.15) is 25.3 Å². The van der Waals surface area contributed by atoms with Gasteiger partial charge in [0, 0.05) is 29.2 Å². The van der Waals surface area contributed by atoms with Gasteiger partial charge in [-0.25, -0.2) is 4.79 Å². The molecule has 1 heterocycles. The Morgan fingerprint density at radius 1 is 1.15 bits per heavy atom. The highest BCUT2D eigenvalue weighted by molar-refractivity contribution is 6.37. The van der Waals surface area contributed by atoms with E-state index >= 15 is 0 Å². The predicted molar refractivity (Wildman–Crippen MR) is 107 cm³/mol. The smallest absolute Gasteiger partial charge is 0.341 e. The van der Waals surface area contributed by atoms with Crippen LogP contribution in [0, 0.1) is 0 Å². The Hall–Kier alpha value is -2.37. The number of H-pyrrole nitrogens is 1. The summed E-state index contributed by atoms with van der Waals surface area (Å²) < 4.78 is 11.0. The van der Waals surface area contributed by atoms with Crippen molar-refractivity contribution in [3.63, 3.8) is 0 Å². The van der Waals surface area contributed by atoms with Crippen LogP contribution in [0.25, 0.3) is 10.9 Å². The first kappa shape index (κ1) is 19.4. The van der Waals surface area contributed by atoms with Crippen molar-refractivity contribution in [3.8, 4) is 17.2 Å². The number of unbranched alkanes of at least 4 members (excludes halogenated alkanes) is 1. The predicted octanol–water partition coefficient (Wildman–Crippen LogP) is 6.07. The number of aromatic nitrogens is 1. The van der Waals surface area contributed by atoms with Crippen molar-refractivity contribution >= 4 is 40.1 Å². The number of carboxylic acids is 1. The van der Waals surface area contributed by atoms with Crippen molar-refractivity contribution in [3.05, 3.63) is 52.1 Å². The molecular weight excluding hydrogens is 389 g/mol. The van der Waals surface area contributed by atoms with E-state index in [2.05, 4.69) is 11.9 Å². The molecule has 0 saturated carbocycles. The molecule has 0 unspecified atom stereocenters. The highest BCUT2D eigenvalue weighted by atomic mass is 35.5. The van der Waals surface area contributed by atoms with Gasteiger partial charge in [0.25, 0.3) is 0 Å². The number of hydrogen-bond acceptors (Lipinski definition) is 3. The van der Waals surface area contributed by atoms with Crippen LogP contribution in [0.15, 0.2) is 36.5 Å². The van der Waals surface area contributed by atoms with E-state index < -0.39 is 12.6 Å². The fourth-order valence-corrected chi connectivity index (χ4v) is 3.32. The summed E-state index contributed by atoms with van der Waals surface area (Å²) in [5, 5.41) is 10.3. The second-order valence-electron chi connectivity index (χ2n) is 6.13. The van der Waals surface area contributed by atoms with E-state index in [9.17, 15) is 4.79 Å². The van der Waals surface area contributed by atoms with Gasteiger partial charge in [-0.05, 0) is 36.6 Å². The minimum Gasteiger partial charge on any atom is -0.482 e. The number of ether oxygens (including phenoxy) is 2.